The van der Waals surface area contributed by atoms with E-state index in [4.69, 9.17) is 0 Å². The molecule has 0 unspecified atom stereocenters. The second-order valence-electron chi connectivity index (χ2n) is 4.21. The SMILES string of the molecule is CSCC[C@@H](NCCN[C@H](CCSC)C(=O)[O-])C(=O)[O-].[O-2].[V+4]. The summed E-state index contributed by atoms with van der Waals surface area (Å²) in [6.45, 7) is 0.742. The normalized spacial score (nSPS) is 12.6. The summed E-state index contributed by atoms with van der Waals surface area (Å²) in [5.41, 5.74) is 0. The van der Waals surface area contributed by atoms with Crippen molar-refractivity contribution in [2.24, 2.45) is 0 Å². The predicted molar refractivity (Wildman–Crippen MR) is 80.3 cm³/mol. The van der Waals surface area contributed by atoms with E-state index in [1.807, 2.05) is 12.5 Å². The van der Waals surface area contributed by atoms with Crippen molar-refractivity contribution in [3.63, 3.8) is 0 Å². The van der Waals surface area contributed by atoms with Crippen molar-refractivity contribution in [1.82, 2.24) is 10.6 Å². The number of hydrogen-bond donors (Lipinski definition) is 2. The first kappa shape index (κ1) is 27.0. The molecule has 1 radical (unpaired) electrons. The Balaban J connectivity index is -0.00000180. The third-order valence-electron chi connectivity index (χ3n) is 2.70. The number of rotatable bonds is 13. The zero-order valence-corrected chi connectivity index (χ0v) is 15.7. The van der Waals surface area contributed by atoms with Crippen molar-refractivity contribution in [2.75, 3.05) is 37.1 Å². The van der Waals surface area contributed by atoms with Crippen LogP contribution in [0.1, 0.15) is 12.8 Å². The summed E-state index contributed by atoms with van der Waals surface area (Å²) in [6.07, 6.45) is 4.79. The van der Waals surface area contributed by atoms with E-state index in [1.54, 1.807) is 23.5 Å². The molecule has 0 spiro atoms. The number of carbonyl (C=O) groups is 2. The molecule has 0 fully saturated rings. The summed E-state index contributed by atoms with van der Waals surface area (Å²) in [4.78, 5) is 21.7. The molecular formula is C12H22N2O5S2V. The molecule has 0 saturated heterocycles. The third kappa shape index (κ3) is 13.7. The maximum Gasteiger partial charge on any atom is 4.00 e. The van der Waals surface area contributed by atoms with Gasteiger partial charge in [0, 0.05) is 25.2 Å². The van der Waals surface area contributed by atoms with Gasteiger partial charge in [0.05, 0.1) is 11.9 Å². The number of carboxylic acids is 2. The van der Waals surface area contributed by atoms with Crippen LogP contribution in [0.3, 0.4) is 0 Å². The van der Waals surface area contributed by atoms with Crippen LogP contribution in [-0.2, 0) is 33.6 Å². The van der Waals surface area contributed by atoms with Crippen molar-refractivity contribution >= 4 is 35.5 Å². The van der Waals surface area contributed by atoms with Crippen LogP contribution in [0, 0.1) is 0 Å². The Morgan fingerprint density at radius 1 is 0.909 bits per heavy atom. The zero-order valence-electron chi connectivity index (χ0n) is 12.7. The Kier molecular flexibility index (Phi) is 21.4. The predicted octanol–water partition coefficient (Wildman–Crippen LogP) is -2.21. The van der Waals surface area contributed by atoms with Crippen LogP contribution in [0.5, 0.6) is 0 Å². The number of nitrogens with one attached hydrogen (secondary N) is 2. The maximum atomic E-state index is 10.9. The van der Waals surface area contributed by atoms with Gasteiger partial charge in [-0.05, 0) is 36.9 Å². The van der Waals surface area contributed by atoms with Gasteiger partial charge in [0.25, 0.3) is 0 Å². The van der Waals surface area contributed by atoms with E-state index >= 15 is 0 Å². The summed E-state index contributed by atoms with van der Waals surface area (Å²) >= 11 is 3.14. The van der Waals surface area contributed by atoms with Gasteiger partial charge < -0.3 is 35.9 Å². The minimum atomic E-state index is -1.13. The van der Waals surface area contributed by atoms with E-state index in [-0.39, 0.29) is 24.0 Å². The number of aliphatic carboxylic acids is 2. The molecule has 0 aromatic rings. The van der Waals surface area contributed by atoms with Gasteiger partial charge in [-0.3, -0.25) is 0 Å². The van der Waals surface area contributed by atoms with E-state index in [1.165, 1.54) is 0 Å². The molecule has 0 aromatic carbocycles. The standard InChI is InChI=1S/C12H24N2O4S2.O.V/c1-19-7-3-9(11(15)16)13-5-6-14-10(12(17)18)4-8-20-2;;/h9-10,13-14H,3-8H2,1-2H3,(H,15,16)(H,17,18);;/q;-2;+4/p-2/t9-,10-;;/m1../s1. The molecule has 0 saturated carbocycles. The number of carbonyl (C=O) groups excluding carboxylic acids is 2. The largest absolute Gasteiger partial charge is 4.00 e. The molecule has 0 aliphatic rings. The first-order chi connectivity index (χ1) is 9.52. The summed E-state index contributed by atoms with van der Waals surface area (Å²) in [5, 5.41) is 27.4. The maximum absolute atomic E-state index is 10.9. The third-order valence-corrected chi connectivity index (χ3v) is 3.98. The van der Waals surface area contributed by atoms with Crippen LogP contribution in [0.25, 0.3) is 0 Å². The second-order valence-corrected chi connectivity index (χ2v) is 6.19. The van der Waals surface area contributed by atoms with Crippen molar-refractivity contribution in [2.45, 2.75) is 24.9 Å². The van der Waals surface area contributed by atoms with Crippen molar-refractivity contribution in [3.05, 3.63) is 0 Å². The molecular weight excluding hydrogens is 367 g/mol. The topological polar surface area (TPSA) is 133 Å². The molecule has 0 aliphatic heterocycles. The average molecular weight is 389 g/mol. The van der Waals surface area contributed by atoms with E-state index in [9.17, 15) is 19.8 Å². The number of hydrogen-bond acceptors (Lipinski definition) is 8. The molecule has 10 heteroatoms. The Bertz CT molecular complexity index is 273. The molecule has 127 valence electrons. The van der Waals surface area contributed by atoms with Gasteiger partial charge in [0.15, 0.2) is 0 Å². The first-order valence-electron chi connectivity index (χ1n) is 6.39. The summed E-state index contributed by atoms with van der Waals surface area (Å²) in [7, 11) is 0. The van der Waals surface area contributed by atoms with Crippen LogP contribution in [0.2, 0.25) is 0 Å². The number of carboxylic acid groups (broad SMARTS) is 2. The van der Waals surface area contributed by atoms with Gasteiger partial charge in [-0.1, -0.05) is 0 Å². The molecule has 0 heterocycles. The van der Waals surface area contributed by atoms with Crippen molar-refractivity contribution in [1.29, 1.82) is 0 Å². The van der Waals surface area contributed by atoms with Crippen LogP contribution in [0.15, 0.2) is 0 Å². The smallest absolute Gasteiger partial charge is 2.00 e. The molecule has 22 heavy (non-hydrogen) atoms. The quantitative estimate of drug-likeness (QED) is 0.339. The molecule has 0 rings (SSSR count). The molecule has 2 N–H and O–H groups in total. The fourth-order valence-corrected chi connectivity index (χ4v) is 2.51. The van der Waals surface area contributed by atoms with Crippen LogP contribution < -0.4 is 20.8 Å². The molecule has 2 atom stereocenters. The van der Waals surface area contributed by atoms with Crippen LogP contribution in [0.4, 0.5) is 0 Å². The van der Waals surface area contributed by atoms with Crippen LogP contribution in [-0.4, -0.2) is 61.1 Å². The summed E-state index contributed by atoms with van der Waals surface area (Å²) < 4.78 is 0. The first-order valence-corrected chi connectivity index (χ1v) is 9.18. The number of thioether (sulfide) groups is 2. The van der Waals surface area contributed by atoms with Gasteiger partial charge in [-0.25, -0.2) is 0 Å². The fraction of sp³-hybridized carbons (Fsp3) is 0.833. The second kappa shape index (κ2) is 17.5. The Morgan fingerprint density at radius 3 is 1.45 bits per heavy atom. The zero-order chi connectivity index (χ0) is 15.4. The van der Waals surface area contributed by atoms with Crippen molar-refractivity contribution in [3.8, 4) is 0 Å². The minimum absolute atomic E-state index is 0. The average Bonchev–Trinajstić information content (AvgIpc) is 2.40. The van der Waals surface area contributed by atoms with E-state index in [0.29, 0.717) is 25.9 Å². The Morgan fingerprint density at radius 2 is 1.23 bits per heavy atom. The van der Waals surface area contributed by atoms with Gasteiger partial charge in [0.2, 0.25) is 0 Å². The van der Waals surface area contributed by atoms with Crippen LogP contribution >= 0.6 is 23.5 Å². The Hall–Kier alpha value is 0.104. The molecule has 0 aliphatic carbocycles. The van der Waals surface area contributed by atoms with Gasteiger partial charge in [-0.15, -0.1) is 0 Å². The fourth-order valence-electron chi connectivity index (χ4n) is 1.57. The monoisotopic (exact) mass is 389 g/mol. The van der Waals surface area contributed by atoms with Gasteiger partial charge in [-0.2, -0.15) is 23.5 Å². The van der Waals surface area contributed by atoms with Gasteiger partial charge in [0.1, 0.15) is 0 Å². The summed E-state index contributed by atoms with van der Waals surface area (Å²) in [6, 6.07) is -1.39. The molecule has 0 bridgehead atoms. The van der Waals surface area contributed by atoms with E-state index < -0.39 is 24.0 Å². The minimum Gasteiger partial charge on any atom is -2.00 e. The molecule has 7 nitrogen and oxygen atoms in total. The van der Waals surface area contributed by atoms with E-state index in [2.05, 4.69) is 10.6 Å². The summed E-state index contributed by atoms with van der Waals surface area (Å²) in [5.74, 6) is -0.793. The molecule has 0 amide bonds. The van der Waals surface area contributed by atoms with E-state index in [0.717, 1.165) is 11.5 Å². The Labute approximate surface area is 151 Å². The van der Waals surface area contributed by atoms with Gasteiger partial charge >= 0.3 is 18.6 Å². The van der Waals surface area contributed by atoms with Crippen molar-refractivity contribution < 1.29 is 43.8 Å². The molecule has 0 aromatic heterocycles.